The van der Waals surface area contributed by atoms with Gasteiger partial charge in [0.15, 0.2) is 5.82 Å². The zero-order valence-corrected chi connectivity index (χ0v) is 16.2. The number of halogens is 3. The lowest BCUT2D eigenvalue weighted by molar-refractivity contribution is 0.0551. The molecule has 0 saturated heterocycles. The smallest absolute Gasteiger partial charge is 0.384 e. The lowest BCUT2D eigenvalue weighted by Gasteiger charge is -2.04. The number of imidazole rings is 1. The molecule has 3 heterocycles. The van der Waals surface area contributed by atoms with Crippen LogP contribution in [0.3, 0.4) is 0 Å². The van der Waals surface area contributed by atoms with Gasteiger partial charge >= 0.3 is 11.3 Å². The number of alkyl halides is 3. The van der Waals surface area contributed by atoms with E-state index in [0.717, 1.165) is 0 Å². The van der Waals surface area contributed by atoms with E-state index in [9.17, 15) is 13.0 Å². The summed E-state index contributed by atoms with van der Waals surface area (Å²) in [4.78, 5) is 7.97. The Balaban J connectivity index is 2.02. The van der Waals surface area contributed by atoms with E-state index in [1.807, 2.05) is 0 Å². The van der Waals surface area contributed by atoms with Crippen LogP contribution >= 0.6 is 11.6 Å². The van der Waals surface area contributed by atoms with Crippen molar-refractivity contribution in [3.63, 3.8) is 0 Å². The Labute approximate surface area is 158 Å². The van der Waals surface area contributed by atoms with Crippen LogP contribution in [0.4, 0.5) is 14.6 Å². The number of nitrogens with zero attached hydrogens (tertiary/aromatic N) is 5. The standard InChI is InChI=1S/C15H16ClF2N5O3S/c1-9-13(22-27(3,24)7-6-25-2)23-5-4-10(8-11(23)19-9)12-20-14(26-21-12)15(16,17)18/h4-5,8H,6-7H2,1-3H3. The van der Waals surface area contributed by atoms with Gasteiger partial charge in [-0.15, -0.1) is 0 Å². The number of hydrogen-bond donors (Lipinski definition) is 0. The van der Waals surface area contributed by atoms with E-state index < -0.39 is 21.0 Å². The molecule has 0 N–H and O–H groups in total. The Kier molecular flexibility index (Phi) is 5.19. The van der Waals surface area contributed by atoms with Crippen LogP contribution in [0.5, 0.6) is 0 Å². The quantitative estimate of drug-likeness (QED) is 0.568. The highest BCUT2D eigenvalue weighted by Crippen LogP contribution is 2.32. The molecule has 0 aliphatic rings. The minimum absolute atomic E-state index is 0.0497. The molecule has 0 aromatic carbocycles. The predicted octanol–water partition coefficient (Wildman–Crippen LogP) is 3.36. The molecule has 0 amide bonds. The first-order valence-electron chi connectivity index (χ1n) is 7.69. The Morgan fingerprint density at radius 3 is 2.81 bits per heavy atom. The summed E-state index contributed by atoms with van der Waals surface area (Å²) in [7, 11) is -0.977. The first kappa shape index (κ1) is 19.6. The Morgan fingerprint density at radius 1 is 1.44 bits per heavy atom. The van der Waals surface area contributed by atoms with Crippen molar-refractivity contribution in [3.05, 3.63) is 29.9 Å². The first-order chi connectivity index (χ1) is 12.6. The highest BCUT2D eigenvalue weighted by molar-refractivity contribution is 7.93. The molecule has 1 unspecified atom stereocenters. The molecular formula is C15H16ClF2N5O3S. The van der Waals surface area contributed by atoms with Crippen molar-refractivity contribution in [1.82, 2.24) is 19.5 Å². The molecule has 3 aromatic heterocycles. The van der Waals surface area contributed by atoms with Gasteiger partial charge in [0.2, 0.25) is 5.82 Å². The molecule has 12 heteroatoms. The second-order valence-corrected chi connectivity index (χ2v) is 8.82. The number of rotatable bonds is 6. The van der Waals surface area contributed by atoms with Gasteiger partial charge < -0.3 is 9.26 Å². The van der Waals surface area contributed by atoms with E-state index in [-0.39, 0.29) is 11.6 Å². The Bertz CT molecular complexity index is 1100. The molecule has 146 valence electrons. The second kappa shape index (κ2) is 7.13. The molecule has 3 aromatic rings. The number of pyridine rings is 1. The summed E-state index contributed by atoms with van der Waals surface area (Å²) in [6.07, 6.45) is 3.16. The van der Waals surface area contributed by atoms with Crippen LogP contribution in [-0.4, -0.2) is 49.5 Å². The third-order valence-corrected chi connectivity index (χ3v) is 5.29. The fourth-order valence-corrected chi connectivity index (χ4v) is 3.55. The lowest BCUT2D eigenvalue weighted by Crippen LogP contribution is -2.08. The Hall–Kier alpha value is -2.11. The number of hydrogen-bond acceptors (Lipinski definition) is 7. The summed E-state index contributed by atoms with van der Waals surface area (Å²) < 4.78 is 54.1. The minimum Gasteiger partial charge on any atom is -0.384 e. The van der Waals surface area contributed by atoms with Crippen LogP contribution in [0.1, 0.15) is 11.6 Å². The van der Waals surface area contributed by atoms with E-state index in [0.29, 0.717) is 29.3 Å². The van der Waals surface area contributed by atoms with Crippen LogP contribution in [0.15, 0.2) is 27.2 Å². The topological polar surface area (TPSA) is 94.9 Å². The maximum atomic E-state index is 13.0. The fourth-order valence-electron chi connectivity index (χ4n) is 2.32. The largest absolute Gasteiger partial charge is 0.400 e. The van der Waals surface area contributed by atoms with Crippen molar-refractivity contribution in [1.29, 1.82) is 0 Å². The average Bonchev–Trinajstić information content (AvgIpc) is 3.18. The SMILES string of the molecule is COCCS(C)(=O)=Nc1c(C)nc2cc(-c3noc(C(F)(F)Cl)n3)ccn12. The van der Waals surface area contributed by atoms with Crippen LogP contribution in [0.25, 0.3) is 17.0 Å². The van der Waals surface area contributed by atoms with Crippen LogP contribution < -0.4 is 0 Å². The van der Waals surface area contributed by atoms with Crippen molar-refractivity contribution in [3.8, 4) is 11.4 Å². The van der Waals surface area contributed by atoms with Crippen LogP contribution in [0.2, 0.25) is 0 Å². The predicted molar refractivity (Wildman–Crippen MR) is 95.9 cm³/mol. The van der Waals surface area contributed by atoms with E-state index in [1.54, 1.807) is 35.9 Å². The van der Waals surface area contributed by atoms with Crippen molar-refractivity contribution in [2.45, 2.75) is 12.3 Å². The third kappa shape index (κ3) is 4.25. The molecule has 0 radical (unpaired) electrons. The molecule has 0 bridgehead atoms. The number of fused-ring (bicyclic) bond motifs is 1. The monoisotopic (exact) mass is 419 g/mol. The number of methoxy groups -OCH3 is 1. The van der Waals surface area contributed by atoms with Gasteiger partial charge in [0, 0.05) is 25.1 Å². The summed E-state index contributed by atoms with van der Waals surface area (Å²) >= 11 is 4.88. The van der Waals surface area contributed by atoms with Crippen molar-refractivity contribution in [2.75, 3.05) is 25.7 Å². The molecule has 27 heavy (non-hydrogen) atoms. The molecule has 0 saturated carbocycles. The zero-order chi connectivity index (χ0) is 19.8. The second-order valence-electron chi connectivity index (χ2n) is 5.83. The normalized spacial score (nSPS) is 14.4. The summed E-state index contributed by atoms with van der Waals surface area (Å²) in [5, 5.41) is -0.230. The van der Waals surface area contributed by atoms with Gasteiger partial charge in [-0.2, -0.15) is 18.1 Å². The van der Waals surface area contributed by atoms with Crippen molar-refractivity contribution >= 4 is 32.8 Å². The van der Waals surface area contributed by atoms with Gasteiger partial charge in [0.05, 0.1) is 27.8 Å². The van der Waals surface area contributed by atoms with Crippen LogP contribution in [0, 0.1) is 6.92 Å². The van der Waals surface area contributed by atoms with Gasteiger partial charge in [0.1, 0.15) is 5.65 Å². The zero-order valence-electron chi connectivity index (χ0n) is 14.6. The lowest BCUT2D eigenvalue weighted by atomic mass is 10.2. The maximum absolute atomic E-state index is 13.0. The average molecular weight is 420 g/mol. The summed E-state index contributed by atoms with van der Waals surface area (Å²) in [6.45, 7) is 2.06. The van der Waals surface area contributed by atoms with E-state index in [2.05, 4.69) is 24.0 Å². The number of aromatic nitrogens is 4. The van der Waals surface area contributed by atoms with Gasteiger partial charge in [-0.3, -0.25) is 4.40 Å². The van der Waals surface area contributed by atoms with Crippen molar-refractivity contribution in [2.24, 2.45) is 4.36 Å². The summed E-state index contributed by atoms with van der Waals surface area (Å²) in [6, 6.07) is 3.17. The van der Waals surface area contributed by atoms with Gasteiger partial charge in [-0.1, -0.05) is 5.16 Å². The van der Waals surface area contributed by atoms with Crippen molar-refractivity contribution < 1.29 is 22.2 Å². The molecule has 0 fully saturated rings. The summed E-state index contributed by atoms with van der Waals surface area (Å²) in [5.41, 5.74) is 1.45. The Morgan fingerprint density at radius 2 is 2.19 bits per heavy atom. The van der Waals surface area contributed by atoms with E-state index in [4.69, 9.17) is 16.3 Å². The first-order valence-corrected chi connectivity index (χ1v) is 10.2. The van der Waals surface area contributed by atoms with Crippen LogP contribution in [-0.2, 0) is 19.8 Å². The molecular weight excluding hydrogens is 404 g/mol. The number of ether oxygens (including phenoxy) is 1. The molecule has 0 aliphatic heterocycles. The van der Waals surface area contributed by atoms with E-state index >= 15 is 0 Å². The summed E-state index contributed by atoms with van der Waals surface area (Å²) in [5.74, 6) is -0.308. The van der Waals surface area contributed by atoms with Gasteiger partial charge in [0.25, 0.3) is 0 Å². The maximum Gasteiger partial charge on any atom is 0.400 e. The number of aryl methyl sites for hydroxylation is 1. The van der Waals surface area contributed by atoms with Gasteiger partial charge in [-0.25, -0.2) is 9.19 Å². The van der Waals surface area contributed by atoms with E-state index in [1.165, 1.54) is 7.11 Å². The highest BCUT2D eigenvalue weighted by atomic mass is 35.5. The fraction of sp³-hybridized carbons (Fsp3) is 0.400. The molecule has 3 rings (SSSR count). The third-order valence-electron chi connectivity index (χ3n) is 3.64. The molecule has 1 atom stereocenters. The molecule has 0 spiro atoms. The highest BCUT2D eigenvalue weighted by Gasteiger charge is 2.35. The minimum atomic E-state index is -3.74. The van der Waals surface area contributed by atoms with Gasteiger partial charge in [-0.05, 0) is 30.7 Å². The molecule has 0 aliphatic carbocycles. The molecule has 8 nitrogen and oxygen atoms in total.